The second kappa shape index (κ2) is 7.58. The van der Waals surface area contributed by atoms with Crippen molar-refractivity contribution >= 4 is 11.3 Å². The summed E-state index contributed by atoms with van der Waals surface area (Å²) >= 11 is 1.89. The summed E-state index contributed by atoms with van der Waals surface area (Å²) in [5.41, 5.74) is 7.95. The lowest BCUT2D eigenvalue weighted by Gasteiger charge is -2.43. The maximum Gasteiger partial charge on any atom is 0.0598 e. The summed E-state index contributed by atoms with van der Waals surface area (Å²) in [4.78, 5) is 4.24. The molecule has 1 aromatic heterocycles. The van der Waals surface area contributed by atoms with E-state index in [9.17, 15) is 0 Å². The zero-order valence-corrected chi connectivity index (χ0v) is 14.1. The molecule has 2 heterocycles. The summed E-state index contributed by atoms with van der Waals surface area (Å²) in [7, 11) is 0. The van der Waals surface area contributed by atoms with Crippen LogP contribution in [0.5, 0.6) is 0 Å². The summed E-state index contributed by atoms with van der Waals surface area (Å²) in [5.74, 6) is 0. The first-order valence-electron chi connectivity index (χ1n) is 8.24. The van der Waals surface area contributed by atoms with Crippen LogP contribution < -0.4 is 5.73 Å². The van der Waals surface area contributed by atoms with E-state index in [1.54, 1.807) is 0 Å². The number of hydrogen-bond donors (Lipinski definition) is 1. The lowest BCUT2D eigenvalue weighted by molar-refractivity contribution is 0.0741. The number of likely N-dealkylation sites (tertiary alicyclic amines) is 1. The lowest BCUT2D eigenvalue weighted by Crippen LogP contribution is -2.48. The first-order chi connectivity index (χ1) is 9.69. The van der Waals surface area contributed by atoms with Crippen molar-refractivity contribution in [3.8, 4) is 0 Å². The van der Waals surface area contributed by atoms with Gasteiger partial charge >= 0.3 is 0 Å². The Bertz CT molecular complexity index is 399. The predicted octanol–water partition coefficient (Wildman–Crippen LogP) is 4.49. The zero-order chi connectivity index (χ0) is 14.5. The van der Waals surface area contributed by atoms with Gasteiger partial charge in [0.25, 0.3) is 0 Å². The Balaban J connectivity index is 2.27. The Morgan fingerprint density at radius 2 is 2.20 bits per heavy atom. The topological polar surface area (TPSA) is 29.3 Å². The van der Waals surface area contributed by atoms with Crippen molar-refractivity contribution in [2.24, 2.45) is 5.73 Å². The van der Waals surface area contributed by atoms with E-state index in [0.29, 0.717) is 6.04 Å². The van der Waals surface area contributed by atoms with Crippen LogP contribution in [-0.4, -0.2) is 23.5 Å². The number of piperidine rings is 1. The van der Waals surface area contributed by atoms with Gasteiger partial charge in [-0.3, -0.25) is 4.90 Å². The largest absolute Gasteiger partial charge is 0.326 e. The summed E-state index contributed by atoms with van der Waals surface area (Å²) in [6.07, 6.45) is 7.72. The van der Waals surface area contributed by atoms with E-state index >= 15 is 0 Å². The molecule has 2 rings (SSSR count). The van der Waals surface area contributed by atoms with E-state index in [1.165, 1.54) is 49.1 Å². The minimum absolute atomic E-state index is 0.254. The minimum Gasteiger partial charge on any atom is -0.326 e. The number of thiophene rings is 1. The molecule has 2 N–H and O–H groups in total. The molecule has 0 radical (unpaired) electrons. The molecule has 0 amide bonds. The van der Waals surface area contributed by atoms with E-state index < -0.39 is 0 Å². The van der Waals surface area contributed by atoms with Gasteiger partial charge in [0.05, 0.1) is 6.04 Å². The molecule has 1 aliphatic rings. The van der Waals surface area contributed by atoms with Gasteiger partial charge in [0.15, 0.2) is 0 Å². The highest BCUT2D eigenvalue weighted by Crippen LogP contribution is 2.36. The standard InChI is InChI=1S/C17H30N2S/c1-4-8-14-9-6-7-11-19(14)16(15(18)5-2)17-13(3)10-12-20-17/h10,12,14-16H,4-9,11,18H2,1-3H3. The average Bonchev–Trinajstić information content (AvgIpc) is 2.87. The van der Waals surface area contributed by atoms with Gasteiger partial charge < -0.3 is 5.73 Å². The molecule has 3 heteroatoms. The van der Waals surface area contributed by atoms with Crippen molar-refractivity contribution in [3.63, 3.8) is 0 Å². The Morgan fingerprint density at radius 3 is 2.80 bits per heavy atom. The van der Waals surface area contributed by atoms with Crippen molar-refractivity contribution in [3.05, 3.63) is 21.9 Å². The fourth-order valence-electron chi connectivity index (χ4n) is 3.53. The van der Waals surface area contributed by atoms with Crippen LogP contribution in [0.2, 0.25) is 0 Å². The molecule has 1 fully saturated rings. The fraction of sp³-hybridized carbons (Fsp3) is 0.765. The van der Waals surface area contributed by atoms with Crippen LogP contribution in [-0.2, 0) is 0 Å². The summed E-state index contributed by atoms with van der Waals surface area (Å²) < 4.78 is 0. The van der Waals surface area contributed by atoms with Crippen LogP contribution >= 0.6 is 11.3 Å². The van der Waals surface area contributed by atoms with Gasteiger partial charge in [-0.1, -0.05) is 26.7 Å². The number of hydrogen-bond acceptors (Lipinski definition) is 3. The molecule has 0 bridgehead atoms. The smallest absolute Gasteiger partial charge is 0.0598 e. The highest BCUT2D eigenvalue weighted by atomic mass is 32.1. The van der Waals surface area contributed by atoms with Gasteiger partial charge in [-0.25, -0.2) is 0 Å². The zero-order valence-electron chi connectivity index (χ0n) is 13.3. The third kappa shape index (κ3) is 3.44. The third-order valence-electron chi connectivity index (χ3n) is 4.70. The maximum atomic E-state index is 6.53. The normalized spacial score (nSPS) is 23.7. The van der Waals surface area contributed by atoms with Crippen molar-refractivity contribution in [2.75, 3.05) is 6.54 Å². The predicted molar refractivity (Wildman–Crippen MR) is 89.3 cm³/mol. The van der Waals surface area contributed by atoms with Crippen molar-refractivity contribution in [2.45, 2.75) is 77.4 Å². The molecular formula is C17H30N2S. The van der Waals surface area contributed by atoms with Crippen LogP contribution in [0.25, 0.3) is 0 Å². The molecule has 3 atom stereocenters. The Kier molecular flexibility index (Phi) is 6.06. The van der Waals surface area contributed by atoms with Gasteiger partial charge in [-0.15, -0.1) is 11.3 Å². The molecule has 0 aliphatic carbocycles. The second-order valence-electron chi connectivity index (χ2n) is 6.16. The number of nitrogens with zero attached hydrogens (tertiary/aromatic N) is 1. The van der Waals surface area contributed by atoms with Crippen molar-refractivity contribution < 1.29 is 0 Å². The lowest BCUT2D eigenvalue weighted by atomic mass is 9.92. The van der Waals surface area contributed by atoms with E-state index in [2.05, 4.69) is 37.1 Å². The molecule has 2 nitrogen and oxygen atoms in total. The maximum absolute atomic E-state index is 6.53. The van der Waals surface area contributed by atoms with Crippen molar-refractivity contribution in [1.82, 2.24) is 4.90 Å². The number of nitrogens with two attached hydrogens (primary N) is 1. The highest BCUT2D eigenvalue weighted by molar-refractivity contribution is 7.10. The third-order valence-corrected chi connectivity index (χ3v) is 5.79. The monoisotopic (exact) mass is 294 g/mol. The first kappa shape index (κ1) is 16.0. The Labute approximate surface area is 128 Å². The summed E-state index contributed by atoms with van der Waals surface area (Å²) in [5, 5.41) is 2.22. The van der Waals surface area contributed by atoms with E-state index in [4.69, 9.17) is 5.73 Å². The van der Waals surface area contributed by atoms with Gasteiger partial charge in [-0.05, 0) is 56.2 Å². The quantitative estimate of drug-likeness (QED) is 0.837. The SMILES string of the molecule is CCCC1CCCCN1C(c1sccc1C)C(N)CC. The molecule has 1 aromatic rings. The molecule has 0 saturated carbocycles. The van der Waals surface area contributed by atoms with Gasteiger partial charge in [0.2, 0.25) is 0 Å². The van der Waals surface area contributed by atoms with Crippen LogP contribution in [0.1, 0.15) is 68.9 Å². The van der Waals surface area contributed by atoms with Crippen molar-refractivity contribution in [1.29, 1.82) is 0 Å². The molecule has 0 spiro atoms. The first-order valence-corrected chi connectivity index (χ1v) is 9.12. The van der Waals surface area contributed by atoms with E-state index in [1.807, 2.05) is 11.3 Å². The number of rotatable bonds is 6. The molecule has 20 heavy (non-hydrogen) atoms. The fourth-order valence-corrected chi connectivity index (χ4v) is 4.66. The Hall–Kier alpha value is -0.380. The molecule has 3 unspecified atom stereocenters. The molecule has 0 aromatic carbocycles. The average molecular weight is 295 g/mol. The van der Waals surface area contributed by atoms with Crippen LogP contribution in [0.3, 0.4) is 0 Å². The summed E-state index contributed by atoms with van der Waals surface area (Å²) in [6.45, 7) is 7.98. The summed E-state index contributed by atoms with van der Waals surface area (Å²) in [6, 6.07) is 3.66. The molecular weight excluding hydrogens is 264 g/mol. The van der Waals surface area contributed by atoms with Crippen LogP contribution in [0.15, 0.2) is 11.4 Å². The van der Waals surface area contributed by atoms with Crippen LogP contribution in [0.4, 0.5) is 0 Å². The molecule has 114 valence electrons. The van der Waals surface area contributed by atoms with E-state index in [-0.39, 0.29) is 6.04 Å². The minimum atomic E-state index is 0.254. The van der Waals surface area contributed by atoms with Gasteiger partial charge in [0.1, 0.15) is 0 Å². The van der Waals surface area contributed by atoms with Gasteiger partial charge in [0, 0.05) is 17.0 Å². The number of aryl methyl sites for hydroxylation is 1. The second-order valence-corrected chi connectivity index (χ2v) is 7.11. The van der Waals surface area contributed by atoms with Crippen LogP contribution in [0, 0.1) is 6.92 Å². The molecule has 1 saturated heterocycles. The van der Waals surface area contributed by atoms with Gasteiger partial charge in [-0.2, -0.15) is 0 Å². The van der Waals surface area contributed by atoms with E-state index in [0.717, 1.165) is 12.5 Å². The Morgan fingerprint density at radius 1 is 1.40 bits per heavy atom. The molecule has 1 aliphatic heterocycles. The highest BCUT2D eigenvalue weighted by Gasteiger charge is 2.33.